The molecule has 0 amide bonds. The molecule has 1 unspecified atom stereocenters. The Kier molecular flexibility index (Phi) is 2.79. The van der Waals surface area contributed by atoms with Crippen LogP contribution < -0.4 is 0 Å². The van der Waals surface area contributed by atoms with Gasteiger partial charge in [0.15, 0.2) is 0 Å². The fourth-order valence-electron chi connectivity index (χ4n) is 2.45. The molecule has 1 aliphatic heterocycles. The maximum absolute atomic E-state index is 11.4. The summed E-state index contributed by atoms with van der Waals surface area (Å²) in [5.41, 5.74) is 0.287. The van der Waals surface area contributed by atoms with Crippen molar-refractivity contribution in [1.82, 2.24) is 4.90 Å². The summed E-state index contributed by atoms with van der Waals surface area (Å²) in [5, 5.41) is 8.74. The Balaban J connectivity index is 1.86. The molecule has 2 fully saturated rings. The molecule has 0 N–H and O–H groups in total. The summed E-state index contributed by atoms with van der Waals surface area (Å²) >= 11 is 0. The van der Waals surface area contributed by atoms with Crippen LogP contribution in [-0.4, -0.2) is 30.3 Å². The predicted molar refractivity (Wildman–Crippen MR) is 57.1 cm³/mol. The molecule has 15 heavy (non-hydrogen) atoms. The molecule has 2 aliphatic rings. The summed E-state index contributed by atoms with van der Waals surface area (Å²) in [4.78, 5) is 13.7. The van der Waals surface area contributed by atoms with Crippen LogP contribution in [0.2, 0.25) is 0 Å². The minimum Gasteiger partial charge on any atom is -0.302 e. The van der Waals surface area contributed by atoms with E-state index >= 15 is 0 Å². The Labute approximate surface area is 91.1 Å². The lowest BCUT2D eigenvalue weighted by Gasteiger charge is -2.32. The number of nitrogens with zero attached hydrogens (tertiary/aromatic N) is 2. The second-order valence-electron chi connectivity index (χ2n) is 5.19. The predicted octanol–water partition coefficient (Wildman–Crippen LogP) is 1.59. The molecular weight excluding hydrogens is 188 g/mol. The average Bonchev–Trinajstić information content (AvgIpc) is 2.92. The maximum atomic E-state index is 11.4. The minimum absolute atomic E-state index is 0.191. The fraction of sp³-hybridized carbons (Fsp3) is 0.833. The Morgan fingerprint density at radius 1 is 1.60 bits per heavy atom. The molecule has 3 nitrogen and oxygen atoms in total. The topological polar surface area (TPSA) is 44.1 Å². The average molecular weight is 206 g/mol. The first-order valence-corrected chi connectivity index (χ1v) is 5.77. The number of piperidine rings is 1. The number of carbonyl (C=O) groups is 1. The largest absolute Gasteiger partial charge is 0.302 e. The molecule has 1 atom stereocenters. The second-order valence-corrected chi connectivity index (χ2v) is 5.19. The lowest BCUT2D eigenvalue weighted by Crippen LogP contribution is -2.42. The zero-order valence-electron chi connectivity index (χ0n) is 9.33. The minimum atomic E-state index is 0.191. The number of rotatable bonds is 3. The summed E-state index contributed by atoms with van der Waals surface area (Å²) in [7, 11) is 0. The summed E-state index contributed by atoms with van der Waals surface area (Å²) in [5.74, 6) is 0.591. The molecule has 1 saturated carbocycles. The monoisotopic (exact) mass is 206 g/mol. The van der Waals surface area contributed by atoms with E-state index in [4.69, 9.17) is 5.26 Å². The molecule has 0 aromatic carbocycles. The normalized spacial score (nSPS) is 29.9. The molecule has 0 radical (unpaired) electrons. The van der Waals surface area contributed by atoms with Gasteiger partial charge in [-0.05, 0) is 18.3 Å². The Morgan fingerprint density at radius 3 is 2.87 bits per heavy atom. The van der Waals surface area contributed by atoms with Crippen molar-refractivity contribution >= 4 is 5.78 Å². The number of ketones is 1. The molecule has 0 aromatic heterocycles. The van der Waals surface area contributed by atoms with Crippen LogP contribution in [-0.2, 0) is 4.79 Å². The number of carbonyl (C=O) groups excluding carboxylic acids is 1. The Morgan fingerprint density at radius 2 is 2.33 bits per heavy atom. The highest BCUT2D eigenvalue weighted by atomic mass is 16.1. The van der Waals surface area contributed by atoms with Gasteiger partial charge in [0.25, 0.3) is 0 Å². The Hall–Kier alpha value is -0.880. The zero-order valence-corrected chi connectivity index (χ0v) is 9.33. The van der Waals surface area contributed by atoms with E-state index in [1.165, 1.54) is 12.8 Å². The van der Waals surface area contributed by atoms with Crippen LogP contribution in [0.4, 0.5) is 0 Å². The van der Waals surface area contributed by atoms with Crippen LogP contribution in [0.5, 0.6) is 0 Å². The fourth-order valence-corrected chi connectivity index (χ4v) is 2.45. The number of likely N-dealkylation sites (tertiary alicyclic amines) is 1. The standard InChI is InChI=1S/C12H18N2O/c1-10-8-14(7-2-11(10)15)9-12(3-4-12)5-6-13/h10H,2-5,7-9H2,1H3. The van der Waals surface area contributed by atoms with E-state index in [2.05, 4.69) is 11.0 Å². The van der Waals surface area contributed by atoms with Crippen molar-refractivity contribution in [3.05, 3.63) is 0 Å². The number of nitriles is 1. The van der Waals surface area contributed by atoms with E-state index in [0.717, 1.165) is 19.6 Å². The summed E-state index contributed by atoms with van der Waals surface area (Å²) in [6, 6.07) is 2.29. The van der Waals surface area contributed by atoms with Crippen molar-refractivity contribution in [1.29, 1.82) is 5.26 Å². The van der Waals surface area contributed by atoms with Crippen molar-refractivity contribution < 1.29 is 4.79 Å². The van der Waals surface area contributed by atoms with E-state index in [-0.39, 0.29) is 11.3 Å². The third-order valence-electron chi connectivity index (χ3n) is 3.73. The van der Waals surface area contributed by atoms with Gasteiger partial charge in [0.1, 0.15) is 5.78 Å². The zero-order chi connectivity index (χ0) is 10.9. The molecule has 0 bridgehead atoms. The van der Waals surface area contributed by atoms with Crippen LogP contribution in [0, 0.1) is 22.7 Å². The highest BCUT2D eigenvalue weighted by Crippen LogP contribution is 2.49. The molecule has 3 heteroatoms. The Bertz CT molecular complexity index is 301. The molecular formula is C12H18N2O. The van der Waals surface area contributed by atoms with Crippen LogP contribution >= 0.6 is 0 Å². The number of hydrogen-bond donors (Lipinski definition) is 0. The second kappa shape index (κ2) is 3.94. The molecule has 1 aliphatic carbocycles. The third-order valence-corrected chi connectivity index (χ3v) is 3.73. The molecule has 0 spiro atoms. The highest BCUT2D eigenvalue weighted by Gasteiger charge is 2.44. The van der Waals surface area contributed by atoms with Crippen molar-refractivity contribution in [2.24, 2.45) is 11.3 Å². The van der Waals surface area contributed by atoms with Crippen molar-refractivity contribution in [3.63, 3.8) is 0 Å². The van der Waals surface area contributed by atoms with E-state index < -0.39 is 0 Å². The van der Waals surface area contributed by atoms with Crippen molar-refractivity contribution in [2.45, 2.75) is 32.6 Å². The number of Topliss-reactive ketones (excluding diaryl/α,β-unsaturated/α-hetero) is 1. The van der Waals surface area contributed by atoms with Gasteiger partial charge in [-0.3, -0.25) is 4.79 Å². The quantitative estimate of drug-likeness (QED) is 0.704. The van der Waals surface area contributed by atoms with Gasteiger partial charge in [0.2, 0.25) is 0 Å². The highest BCUT2D eigenvalue weighted by molar-refractivity contribution is 5.81. The molecule has 1 heterocycles. The van der Waals surface area contributed by atoms with Gasteiger partial charge in [-0.25, -0.2) is 0 Å². The van der Waals surface area contributed by atoms with Gasteiger partial charge in [-0.2, -0.15) is 5.26 Å². The van der Waals surface area contributed by atoms with Gasteiger partial charge >= 0.3 is 0 Å². The van der Waals surface area contributed by atoms with Gasteiger partial charge in [-0.1, -0.05) is 6.92 Å². The van der Waals surface area contributed by atoms with Gasteiger partial charge in [0, 0.05) is 38.4 Å². The van der Waals surface area contributed by atoms with E-state index in [0.29, 0.717) is 18.6 Å². The van der Waals surface area contributed by atoms with Gasteiger partial charge < -0.3 is 4.90 Å². The summed E-state index contributed by atoms with van der Waals surface area (Å²) < 4.78 is 0. The lowest BCUT2D eigenvalue weighted by atomic mass is 9.95. The van der Waals surface area contributed by atoms with Gasteiger partial charge in [0.05, 0.1) is 6.07 Å². The first-order chi connectivity index (χ1) is 7.15. The van der Waals surface area contributed by atoms with Gasteiger partial charge in [-0.15, -0.1) is 0 Å². The number of hydrogen-bond acceptors (Lipinski definition) is 3. The third kappa shape index (κ3) is 2.38. The molecule has 1 saturated heterocycles. The summed E-state index contributed by atoms with van der Waals surface area (Å²) in [6.07, 6.45) is 3.77. The van der Waals surface area contributed by atoms with Crippen LogP contribution in [0.25, 0.3) is 0 Å². The van der Waals surface area contributed by atoms with Crippen LogP contribution in [0.3, 0.4) is 0 Å². The van der Waals surface area contributed by atoms with Crippen LogP contribution in [0.1, 0.15) is 32.6 Å². The van der Waals surface area contributed by atoms with Crippen molar-refractivity contribution in [2.75, 3.05) is 19.6 Å². The van der Waals surface area contributed by atoms with E-state index in [9.17, 15) is 4.79 Å². The first kappa shape index (κ1) is 10.6. The van der Waals surface area contributed by atoms with Crippen LogP contribution in [0.15, 0.2) is 0 Å². The molecule has 2 rings (SSSR count). The first-order valence-electron chi connectivity index (χ1n) is 5.77. The SMILES string of the molecule is CC1CN(CC2(CC#N)CC2)CCC1=O. The lowest BCUT2D eigenvalue weighted by molar-refractivity contribution is -0.125. The maximum Gasteiger partial charge on any atom is 0.138 e. The van der Waals surface area contributed by atoms with Crippen molar-refractivity contribution in [3.8, 4) is 6.07 Å². The summed E-state index contributed by atoms with van der Waals surface area (Å²) in [6.45, 7) is 4.83. The smallest absolute Gasteiger partial charge is 0.138 e. The van der Waals surface area contributed by atoms with E-state index in [1.807, 2.05) is 6.92 Å². The molecule has 0 aromatic rings. The molecule has 82 valence electrons. The van der Waals surface area contributed by atoms with E-state index in [1.54, 1.807) is 0 Å².